The van der Waals surface area contributed by atoms with E-state index in [9.17, 15) is 26.0 Å². The van der Waals surface area contributed by atoms with Gasteiger partial charge in [0, 0.05) is 40.3 Å². The predicted molar refractivity (Wildman–Crippen MR) is 98.5 cm³/mol. The molecule has 0 radical (unpaired) electrons. The van der Waals surface area contributed by atoms with Crippen molar-refractivity contribution in [3.63, 3.8) is 0 Å². The van der Waals surface area contributed by atoms with Crippen molar-refractivity contribution >= 4 is 16.0 Å². The molecule has 0 unspecified atom stereocenters. The maximum absolute atomic E-state index is 13.0. The quantitative estimate of drug-likeness (QED) is 0.448. The summed E-state index contributed by atoms with van der Waals surface area (Å²) in [5, 5.41) is 3.17. The molecule has 28 heavy (non-hydrogen) atoms. The van der Waals surface area contributed by atoms with Crippen LogP contribution in [0.2, 0.25) is 0 Å². The number of hydrogen-bond donors (Lipinski definition) is 1. The zero-order valence-electron chi connectivity index (χ0n) is 15.7. The van der Waals surface area contributed by atoms with Gasteiger partial charge in [-0.25, -0.2) is 12.8 Å². The molecule has 2 rings (SSSR count). The standard InChI is InChI=1S/C17H24F4N4O2S/c1-22-16(24(2)12-14-3-5-15(18)6-4-14)23-11-13-7-9-25(10-8-13)28(26,27)17(19,20)21/h3-6,13H,7-12H2,1-2H3,(H,22,23). The second-order valence-electron chi connectivity index (χ2n) is 6.70. The lowest BCUT2D eigenvalue weighted by molar-refractivity contribution is -0.0496. The Morgan fingerprint density at radius 2 is 1.82 bits per heavy atom. The minimum absolute atomic E-state index is 0.0376. The summed E-state index contributed by atoms with van der Waals surface area (Å²) in [5.41, 5.74) is -4.36. The molecule has 1 aromatic carbocycles. The molecule has 0 saturated carbocycles. The summed E-state index contributed by atoms with van der Waals surface area (Å²) >= 11 is 0. The number of alkyl halides is 3. The Kier molecular flexibility index (Phi) is 7.27. The van der Waals surface area contributed by atoms with Crippen LogP contribution in [0.25, 0.3) is 0 Å². The van der Waals surface area contributed by atoms with E-state index in [0.717, 1.165) is 5.56 Å². The molecule has 1 aromatic rings. The lowest BCUT2D eigenvalue weighted by Crippen LogP contribution is -2.47. The lowest BCUT2D eigenvalue weighted by atomic mass is 9.98. The summed E-state index contributed by atoms with van der Waals surface area (Å²) in [6, 6.07) is 6.11. The minimum Gasteiger partial charge on any atom is -0.356 e. The summed E-state index contributed by atoms with van der Waals surface area (Å²) < 4.78 is 74.2. The van der Waals surface area contributed by atoms with E-state index >= 15 is 0 Å². The van der Waals surface area contributed by atoms with Crippen LogP contribution in [0.1, 0.15) is 18.4 Å². The van der Waals surface area contributed by atoms with E-state index < -0.39 is 15.5 Å². The number of benzene rings is 1. The first-order valence-corrected chi connectivity index (χ1v) is 10.2. The second-order valence-corrected chi connectivity index (χ2v) is 8.63. The molecular weight excluding hydrogens is 400 g/mol. The molecule has 11 heteroatoms. The molecule has 1 aliphatic heterocycles. The Morgan fingerprint density at radius 1 is 1.25 bits per heavy atom. The van der Waals surface area contributed by atoms with Gasteiger partial charge in [-0.3, -0.25) is 4.99 Å². The highest BCUT2D eigenvalue weighted by atomic mass is 32.2. The van der Waals surface area contributed by atoms with Crippen LogP contribution in [0.15, 0.2) is 29.3 Å². The predicted octanol–water partition coefficient (Wildman–Crippen LogP) is 2.39. The zero-order valence-corrected chi connectivity index (χ0v) is 16.5. The normalized spacial score (nSPS) is 17.6. The van der Waals surface area contributed by atoms with Gasteiger partial charge in [0.25, 0.3) is 0 Å². The number of nitrogens with zero attached hydrogens (tertiary/aromatic N) is 3. The molecule has 0 spiro atoms. The van der Waals surface area contributed by atoms with Crippen molar-refractivity contribution in [2.24, 2.45) is 10.9 Å². The van der Waals surface area contributed by atoms with Crippen molar-refractivity contribution in [2.75, 3.05) is 33.7 Å². The van der Waals surface area contributed by atoms with Crippen LogP contribution in [-0.4, -0.2) is 62.8 Å². The van der Waals surface area contributed by atoms with Crippen LogP contribution in [-0.2, 0) is 16.6 Å². The number of rotatable bonds is 5. The van der Waals surface area contributed by atoms with Gasteiger partial charge in [-0.05, 0) is 36.5 Å². The Bertz CT molecular complexity index is 773. The van der Waals surface area contributed by atoms with Gasteiger partial charge in [-0.15, -0.1) is 0 Å². The molecule has 0 atom stereocenters. The van der Waals surface area contributed by atoms with Crippen LogP contribution in [0.3, 0.4) is 0 Å². The van der Waals surface area contributed by atoms with E-state index in [1.165, 1.54) is 12.1 Å². The molecule has 1 fully saturated rings. The molecular formula is C17H24F4N4O2S. The zero-order chi connectivity index (χ0) is 20.9. The van der Waals surface area contributed by atoms with Gasteiger partial charge in [-0.1, -0.05) is 12.1 Å². The fourth-order valence-electron chi connectivity index (χ4n) is 3.06. The van der Waals surface area contributed by atoms with Crippen LogP contribution >= 0.6 is 0 Å². The Hall–Kier alpha value is -1.88. The lowest BCUT2D eigenvalue weighted by Gasteiger charge is -2.32. The molecule has 1 N–H and O–H groups in total. The average Bonchev–Trinajstić information content (AvgIpc) is 2.63. The highest BCUT2D eigenvalue weighted by Gasteiger charge is 2.50. The largest absolute Gasteiger partial charge is 0.511 e. The summed E-state index contributed by atoms with van der Waals surface area (Å²) in [4.78, 5) is 6.02. The topological polar surface area (TPSA) is 65.0 Å². The van der Waals surface area contributed by atoms with Gasteiger partial charge >= 0.3 is 15.5 Å². The fraction of sp³-hybridized carbons (Fsp3) is 0.588. The molecule has 0 aromatic heterocycles. The SMILES string of the molecule is CN=C(NCC1CCN(S(=O)(=O)C(F)(F)F)CC1)N(C)Cc1ccc(F)cc1. The van der Waals surface area contributed by atoms with Gasteiger partial charge < -0.3 is 10.2 Å². The van der Waals surface area contributed by atoms with Crippen LogP contribution in [0, 0.1) is 11.7 Å². The van der Waals surface area contributed by atoms with E-state index in [1.54, 1.807) is 19.2 Å². The first kappa shape index (κ1) is 22.4. The van der Waals surface area contributed by atoms with Crippen molar-refractivity contribution < 1.29 is 26.0 Å². The Morgan fingerprint density at radius 3 is 2.32 bits per heavy atom. The summed E-state index contributed by atoms with van der Waals surface area (Å²) in [6.45, 7) is 0.666. The van der Waals surface area contributed by atoms with E-state index in [0.29, 0.717) is 36.2 Å². The molecule has 1 saturated heterocycles. The van der Waals surface area contributed by atoms with Crippen molar-refractivity contribution in [2.45, 2.75) is 24.9 Å². The summed E-state index contributed by atoms with van der Waals surface area (Å²) in [6.07, 6.45) is 0.669. The number of piperidine rings is 1. The second kappa shape index (κ2) is 9.08. The van der Waals surface area contributed by atoms with Crippen molar-refractivity contribution in [1.82, 2.24) is 14.5 Å². The third kappa shape index (κ3) is 5.57. The van der Waals surface area contributed by atoms with E-state index in [4.69, 9.17) is 0 Å². The molecule has 0 amide bonds. The first-order chi connectivity index (χ1) is 13.0. The van der Waals surface area contributed by atoms with Crippen molar-refractivity contribution in [3.05, 3.63) is 35.6 Å². The highest BCUT2D eigenvalue weighted by molar-refractivity contribution is 7.90. The molecule has 158 valence electrons. The third-order valence-electron chi connectivity index (χ3n) is 4.66. The maximum atomic E-state index is 13.0. The number of halogens is 4. The number of nitrogens with one attached hydrogen (secondary N) is 1. The minimum atomic E-state index is -5.26. The number of guanidine groups is 1. The molecule has 1 aliphatic rings. The molecule has 0 aliphatic carbocycles. The van der Waals surface area contributed by atoms with Gasteiger partial charge in [-0.2, -0.15) is 17.5 Å². The summed E-state index contributed by atoms with van der Waals surface area (Å²) in [7, 11) is -1.83. The van der Waals surface area contributed by atoms with Crippen molar-refractivity contribution in [1.29, 1.82) is 0 Å². The van der Waals surface area contributed by atoms with E-state index in [-0.39, 0.29) is 24.8 Å². The van der Waals surface area contributed by atoms with E-state index in [2.05, 4.69) is 10.3 Å². The highest BCUT2D eigenvalue weighted by Crippen LogP contribution is 2.30. The number of sulfonamides is 1. The van der Waals surface area contributed by atoms with Crippen LogP contribution in [0.4, 0.5) is 17.6 Å². The first-order valence-electron chi connectivity index (χ1n) is 8.77. The molecule has 0 bridgehead atoms. The number of hydrogen-bond acceptors (Lipinski definition) is 3. The van der Waals surface area contributed by atoms with Crippen LogP contribution < -0.4 is 5.32 Å². The fourth-order valence-corrected chi connectivity index (χ4v) is 4.04. The van der Waals surface area contributed by atoms with Crippen LogP contribution in [0.5, 0.6) is 0 Å². The average molecular weight is 424 g/mol. The van der Waals surface area contributed by atoms with E-state index in [1.807, 2.05) is 11.9 Å². The van der Waals surface area contributed by atoms with Gasteiger partial charge in [0.2, 0.25) is 0 Å². The monoisotopic (exact) mass is 424 g/mol. The van der Waals surface area contributed by atoms with Gasteiger partial charge in [0.05, 0.1) is 0 Å². The van der Waals surface area contributed by atoms with Crippen molar-refractivity contribution in [3.8, 4) is 0 Å². The van der Waals surface area contributed by atoms with Gasteiger partial charge in [0.15, 0.2) is 5.96 Å². The third-order valence-corrected chi connectivity index (χ3v) is 6.29. The summed E-state index contributed by atoms with van der Waals surface area (Å²) in [5.74, 6) is 0.318. The smallest absolute Gasteiger partial charge is 0.356 e. The molecule has 6 nitrogen and oxygen atoms in total. The number of aliphatic imine (C=N–C) groups is 1. The Balaban J connectivity index is 1.84. The Labute approximate surface area is 162 Å². The van der Waals surface area contributed by atoms with Gasteiger partial charge in [0.1, 0.15) is 5.82 Å². The molecule has 1 heterocycles. The maximum Gasteiger partial charge on any atom is 0.511 e.